The Labute approximate surface area is 252 Å². The SMILES string of the molecule is c1ccc(-c2ccc3c(sc4ccccc43)c2N(c2ccc3ccccc3c2)c2ccc3c(c2)oc2ccccc23)cc1. The van der Waals surface area contributed by atoms with Crippen LogP contribution in [-0.2, 0) is 0 Å². The highest BCUT2D eigenvalue weighted by atomic mass is 32.1. The smallest absolute Gasteiger partial charge is 0.137 e. The fourth-order valence-corrected chi connectivity index (χ4v) is 7.66. The van der Waals surface area contributed by atoms with Crippen LogP contribution >= 0.6 is 11.3 Å². The molecule has 0 spiro atoms. The molecule has 0 bridgehead atoms. The molecule has 9 rings (SSSR count). The van der Waals surface area contributed by atoms with Crippen LogP contribution in [0.5, 0.6) is 0 Å². The predicted molar refractivity (Wildman–Crippen MR) is 184 cm³/mol. The molecule has 0 saturated carbocycles. The maximum atomic E-state index is 6.41. The van der Waals surface area contributed by atoms with Crippen molar-refractivity contribution in [3.63, 3.8) is 0 Å². The molecule has 0 aliphatic rings. The van der Waals surface area contributed by atoms with E-state index in [9.17, 15) is 0 Å². The van der Waals surface area contributed by atoms with Gasteiger partial charge >= 0.3 is 0 Å². The second-order valence-electron chi connectivity index (χ2n) is 10.9. The summed E-state index contributed by atoms with van der Waals surface area (Å²) in [5, 5.41) is 7.25. The summed E-state index contributed by atoms with van der Waals surface area (Å²) >= 11 is 1.86. The maximum absolute atomic E-state index is 6.41. The summed E-state index contributed by atoms with van der Waals surface area (Å²) in [5.41, 5.74) is 7.51. The van der Waals surface area contributed by atoms with E-state index in [0.717, 1.165) is 33.3 Å². The van der Waals surface area contributed by atoms with Gasteiger partial charge in [0.15, 0.2) is 0 Å². The van der Waals surface area contributed by atoms with Crippen LogP contribution in [0.4, 0.5) is 17.1 Å². The number of para-hydroxylation sites is 1. The van der Waals surface area contributed by atoms with Crippen molar-refractivity contribution in [1.29, 1.82) is 0 Å². The van der Waals surface area contributed by atoms with Crippen molar-refractivity contribution < 1.29 is 4.42 Å². The Morgan fingerprint density at radius 1 is 0.465 bits per heavy atom. The zero-order valence-corrected chi connectivity index (χ0v) is 24.0. The van der Waals surface area contributed by atoms with Crippen molar-refractivity contribution in [2.75, 3.05) is 4.90 Å². The van der Waals surface area contributed by atoms with Crippen molar-refractivity contribution >= 4 is 81.3 Å². The predicted octanol–water partition coefficient (Wildman–Crippen LogP) is 12.2. The number of hydrogen-bond acceptors (Lipinski definition) is 3. The third-order valence-electron chi connectivity index (χ3n) is 8.44. The minimum Gasteiger partial charge on any atom is -0.456 e. The van der Waals surface area contributed by atoms with Crippen molar-refractivity contribution in [3.05, 3.63) is 152 Å². The molecule has 2 aromatic heterocycles. The first-order valence-electron chi connectivity index (χ1n) is 14.5. The monoisotopic (exact) mass is 567 g/mol. The van der Waals surface area contributed by atoms with Gasteiger partial charge in [-0.15, -0.1) is 11.3 Å². The van der Waals surface area contributed by atoms with Gasteiger partial charge in [-0.05, 0) is 52.7 Å². The van der Waals surface area contributed by atoms with Crippen molar-refractivity contribution in [3.8, 4) is 11.1 Å². The summed E-state index contributed by atoms with van der Waals surface area (Å²) < 4.78 is 8.96. The summed E-state index contributed by atoms with van der Waals surface area (Å²) in [6, 6.07) is 54.3. The molecule has 7 aromatic carbocycles. The largest absolute Gasteiger partial charge is 0.456 e. The molecule has 0 radical (unpaired) electrons. The molecule has 0 fully saturated rings. The topological polar surface area (TPSA) is 16.4 Å². The molecular formula is C40H25NOS. The summed E-state index contributed by atoms with van der Waals surface area (Å²) in [5.74, 6) is 0. The van der Waals surface area contributed by atoms with Gasteiger partial charge in [0.25, 0.3) is 0 Å². The van der Waals surface area contributed by atoms with Crippen LogP contribution in [0.1, 0.15) is 0 Å². The van der Waals surface area contributed by atoms with Crippen LogP contribution in [0.2, 0.25) is 0 Å². The van der Waals surface area contributed by atoms with E-state index in [1.165, 1.54) is 47.8 Å². The summed E-state index contributed by atoms with van der Waals surface area (Å²) in [4.78, 5) is 2.43. The van der Waals surface area contributed by atoms with E-state index < -0.39 is 0 Å². The van der Waals surface area contributed by atoms with E-state index in [4.69, 9.17) is 4.42 Å². The number of anilines is 3. The second-order valence-corrected chi connectivity index (χ2v) is 12.0. The molecule has 2 nitrogen and oxygen atoms in total. The zero-order chi connectivity index (χ0) is 28.3. The number of benzene rings is 7. The maximum Gasteiger partial charge on any atom is 0.137 e. The van der Waals surface area contributed by atoms with E-state index >= 15 is 0 Å². The highest BCUT2D eigenvalue weighted by Gasteiger charge is 2.23. The zero-order valence-electron chi connectivity index (χ0n) is 23.2. The summed E-state index contributed by atoms with van der Waals surface area (Å²) in [6.07, 6.45) is 0. The van der Waals surface area contributed by atoms with Crippen LogP contribution in [0.15, 0.2) is 156 Å². The average Bonchev–Trinajstić information content (AvgIpc) is 3.63. The van der Waals surface area contributed by atoms with Gasteiger partial charge in [0.05, 0.1) is 10.4 Å². The Morgan fingerprint density at radius 2 is 1.14 bits per heavy atom. The van der Waals surface area contributed by atoms with E-state index in [2.05, 4.69) is 144 Å². The quantitative estimate of drug-likeness (QED) is 0.210. The number of fused-ring (bicyclic) bond motifs is 7. The Morgan fingerprint density at radius 3 is 2.05 bits per heavy atom. The molecule has 0 unspecified atom stereocenters. The second kappa shape index (κ2) is 9.59. The normalized spacial score (nSPS) is 11.7. The minimum atomic E-state index is 0.884. The Balaban J connectivity index is 1.40. The lowest BCUT2D eigenvalue weighted by Gasteiger charge is -2.29. The summed E-state index contributed by atoms with van der Waals surface area (Å²) in [6.45, 7) is 0. The Hall–Kier alpha value is -5.38. The number of rotatable bonds is 4. The van der Waals surface area contributed by atoms with E-state index in [-0.39, 0.29) is 0 Å². The van der Waals surface area contributed by atoms with Crippen LogP contribution in [-0.4, -0.2) is 0 Å². The van der Waals surface area contributed by atoms with Gasteiger partial charge in [0.1, 0.15) is 11.2 Å². The minimum absolute atomic E-state index is 0.884. The summed E-state index contributed by atoms with van der Waals surface area (Å²) in [7, 11) is 0. The van der Waals surface area contributed by atoms with Gasteiger partial charge in [0, 0.05) is 49.2 Å². The number of nitrogens with zero attached hydrogens (tertiary/aromatic N) is 1. The Bertz CT molecular complexity index is 2470. The molecule has 43 heavy (non-hydrogen) atoms. The molecule has 9 aromatic rings. The lowest BCUT2D eigenvalue weighted by atomic mass is 9.99. The first-order valence-corrected chi connectivity index (χ1v) is 15.3. The van der Waals surface area contributed by atoms with Gasteiger partial charge in [-0.2, -0.15) is 0 Å². The molecule has 0 saturated heterocycles. The molecule has 0 aliphatic heterocycles. The van der Waals surface area contributed by atoms with Crippen LogP contribution < -0.4 is 4.90 Å². The van der Waals surface area contributed by atoms with E-state index in [1.807, 2.05) is 23.5 Å². The third-order valence-corrected chi connectivity index (χ3v) is 9.63. The third kappa shape index (κ3) is 3.86. The Kier molecular flexibility index (Phi) is 5.40. The van der Waals surface area contributed by atoms with Gasteiger partial charge in [-0.1, -0.05) is 109 Å². The van der Waals surface area contributed by atoms with E-state index in [0.29, 0.717) is 0 Å². The van der Waals surface area contributed by atoms with Crippen LogP contribution in [0, 0.1) is 0 Å². The highest BCUT2D eigenvalue weighted by molar-refractivity contribution is 7.26. The number of thiophene rings is 1. The molecule has 0 aliphatic carbocycles. The fraction of sp³-hybridized carbons (Fsp3) is 0. The van der Waals surface area contributed by atoms with E-state index in [1.54, 1.807) is 0 Å². The average molecular weight is 568 g/mol. The van der Waals surface area contributed by atoms with Gasteiger partial charge in [-0.25, -0.2) is 0 Å². The number of hydrogen-bond donors (Lipinski definition) is 0. The van der Waals surface area contributed by atoms with Gasteiger partial charge in [-0.3, -0.25) is 0 Å². The molecule has 2 heterocycles. The first-order chi connectivity index (χ1) is 21.3. The molecule has 0 atom stereocenters. The molecule has 0 amide bonds. The lowest BCUT2D eigenvalue weighted by molar-refractivity contribution is 0.669. The molecule has 3 heteroatoms. The number of furan rings is 1. The van der Waals surface area contributed by atoms with Crippen LogP contribution in [0.25, 0.3) is 64.0 Å². The van der Waals surface area contributed by atoms with Gasteiger partial charge < -0.3 is 9.32 Å². The molecular weight excluding hydrogens is 543 g/mol. The standard InChI is InChI=1S/C40H25NOS/c1-2-11-27(12-3-1)31-22-23-35-34-15-7-9-17-38(34)43-40(35)39(31)41(29-19-18-26-10-4-5-13-28(26)24-29)30-20-21-33-32-14-6-8-16-36(32)42-37(33)25-30/h1-25H. The first kappa shape index (κ1) is 24.2. The lowest BCUT2D eigenvalue weighted by Crippen LogP contribution is -2.11. The van der Waals surface area contributed by atoms with Crippen LogP contribution in [0.3, 0.4) is 0 Å². The van der Waals surface area contributed by atoms with Gasteiger partial charge in [0.2, 0.25) is 0 Å². The fourth-order valence-electron chi connectivity index (χ4n) is 6.42. The van der Waals surface area contributed by atoms with Crippen molar-refractivity contribution in [1.82, 2.24) is 0 Å². The molecule has 202 valence electrons. The van der Waals surface area contributed by atoms with Crippen molar-refractivity contribution in [2.24, 2.45) is 0 Å². The molecule has 0 N–H and O–H groups in total. The van der Waals surface area contributed by atoms with Crippen molar-refractivity contribution in [2.45, 2.75) is 0 Å². The highest BCUT2D eigenvalue weighted by Crippen LogP contribution is 2.50.